The van der Waals surface area contributed by atoms with Gasteiger partial charge >= 0.3 is 0 Å². The average Bonchev–Trinajstić information content (AvgIpc) is 2.60. The fourth-order valence-electron chi connectivity index (χ4n) is 2.27. The van der Waals surface area contributed by atoms with Crippen molar-refractivity contribution in [1.29, 1.82) is 0 Å². The van der Waals surface area contributed by atoms with Crippen LogP contribution in [0, 0.1) is 12.7 Å². The number of hydrogen-bond acceptors (Lipinski definition) is 3. The highest BCUT2D eigenvalue weighted by atomic mass is 127. The molecule has 27 heavy (non-hydrogen) atoms. The topological polar surface area (TPSA) is 96.6 Å². The summed E-state index contributed by atoms with van der Waals surface area (Å²) in [5.41, 5.74) is 2.12. The zero-order valence-corrected chi connectivity index (χ0v) is 18.3. The number of sulfonamides is 1. The molecule has 0 fully saturated rings. The van der Waals surface area contributed by atoms with Gasteiger partial charge in [-0.1, -0.05) is 24.3 Å². The normalized spacial score (nSPS) is 11.6. The smallest absolute Gasteiger partial charge is 0.238 e. The van der Waals surface area contributed by atoms with E-state index in [4.69, 9.17) is 5.14 Å². The third-order valence-electron chi connectivity index (χ3n) is 3.69. The molecule has 0 amide bonds. The van der Waals surface area contributed by atoms with Crippen molar-refractivity contribution in [1.82, 2.24) is 10.6 Å². The van der Waals surface area contributed by atoms with Gasteiger partial charge in [-0.05, 0) is 48.7 Å². The molecule has 6 nitrogen and oxygen atoms in total. The molecule has 0 saturated carbocycles. The van der Waals surface area contributed by atoms with Gasteiger partial charge in [0.05, 0.1) is 11.4 Å². The molecule has 0 unspecified atom stereocenters. The van der Waals surface area contributed by atoms with Gasteiger partial charge in [0.15, 0.2) is 5.96 Å². The fourth-order valence-corrected chi connectivity index (χ4v) is 2.85. The van der Waals surface area contributed by atoms with E-state index in [0.29, 0.717) is 24.6 Å². The van der Waals surface area contributed by atoms with Gasteiger partial charge in [-0.25, -0.2) is 22.9 Å². The van der Waals surface area contributed by atoms with Gasteiger partial charge in [0.2, 0.25) is 10.0 Å². The summed E-state index contributed by atoms with van der Waals surface area (Å²) >= 11 is 0. The number of primary sulfonamides is 1. The van der Waals surface area contributed by atoms with Gasteiger partial charge in [-0.15, -0.1) is 24.0 Å². The molecule has 0 aliphatic rings. The second-order valence-electron chi connectivity index (χ2n) is 5.82. The van der Waals surface area contributed by atoms with Crippen LogP contribution in [-0.2, 0) is 23.1 Å². The van der Waals surface area contributed by atoms with Crippen LogP contribution in [0.4, 0.5) is 4.39 Å². The van der Waals surface area contributed by atoms with Crippen LogP contribution in [0.15, 0.2) is 52.4 Å². The van der Waals surface area contributed by atoms with E-state index in [0.717, 1.165) is 11.1 Å². The number of halogens is 2. The molecule has 0 bridgehead atoms. The molecule has 0 aromatic heterocycles. The van der Waals surface area contributed by atoms with Crippen molar-refractivity contribution >= 4 is 40.0 Å². The molecular formula is C18H24FIN4O2S. The second kappa shape index (κ2) is 10.6. The van der Waals surface area contributed by atoms with Crippen LogP contribution in [0.2, 0.25) is 0 Å². The molecule has 0 aliphatic carbocycles. The molecule has 0 saturated heterocycles. The first kappa shape index (κ1) is 23.3. The van der Waals surface area contributed by atoms with Crippen LogP contribution in [0.5, 0.6) is 0 Å². The van der Waals surface area contributed by atoms with Gasteiger partial charge in [0.25, 0.3) is 0 Å². The van der Waals surface area contributed by atoms with E-state index in [1.54, 1.807) is 25.1 Å². The minimum absolute atomic E-state index is 0. The summed E-state index contributed by atoms with van der Waals surface area (Å²) in [7, 11) is -3.74. The number of rotatable bonds is 6. The maximum absolute atomic E-state index is 13.6. The van der Waals surface area contributed by atoms with E-state index in [1.807, 2.05) is 13.0 Å². The largest absolute Gasteiger partial charge is 0.357 e. The Morgan fingerprint density at radius 2 is 1.89 bits per heavy atom. The molecule has 0 aliphatic heterocycles. The molecule has 2 aromatic rings. The van der Waals surface area contributed by atoms with E-state index in [9.17, 15) is 12.8 Å². The molecule has 2 rings (SSSR count). The first-order valence-corrected chi connectivity index (χ1v) is 9.73. The Bertz CT molecular complexity index is 904. The molecule has 9 heteroatoms. The lowest BCUT2D eigenvalue weighted by Gasteiger charge is -2.12. The van der Waals surface area contributed by atoms with Gasteiger partial charge in [0.1, 0.15) is 5.82 Å². The highest BCUT2D eigenvalue weighted by Gasteiger charge is 2.08. The molecule has 0 heterocycles. The average molecular weight is 506 g/mol. The van der Waals surface area contributed by atoms with Crippen molar-refractivity contribution in [3.05, 3.63) is 65.0 Å². The third-order valence-corrected chi connectivity index (χ3v) is 4.60. The van der Waals surface area contributed by atoms with E-state index in [-0.39, 0.29) is 41.2 Å². The minimum atomic E-state index is -3.74. The van der Waals surface area contributed by atoms with Gasteiger partial charge in [0, 0.05) is 13.1 Å². The number of aliphatic imine (C=N–C) groups is 1. The molecule has 4 N–H and O–H groups in total. The number of nitrogens with two attached hydrogens (primary N) is 1. The summed E-state index contributed by atoms with van der Waals surface area (Å²) < 4.78 is 36.5. The van der Waals surface area contributed by atoms with Crippen molar-refractivity contribution in [2.75, 3.05) is 6.54 Å². The van der Waals surface area contributed by atoms with Gasteiger partial charge in [-0.2, -0.15) is 0 Å². The Morgan fingerprint density at radius 1 is 1.15 bits per heavy atom. The van der Waals surface area contributed by atoms with Crippen molar-refractivity contribution in [2.45, 2.75) is 31.8 Å². The first-order chi connectivity index (χ1) is 12.3. The van der Waals surface area contributed by atoms with Crippen LogP contribution >= 0.6 is 24.0 Å². The predicted molar refractivity (Wildman–Crippen MR) is 116 cm³/mol. The molecule has 148 valence electrons. The Morgan fingerprint density at radius 3 is 2.52 bits per heavy atom. The predicted octanol–water partition coefficient (Wildman–Crippen LogP) is 2.65. The quantitative estimate of drug-likeness (QED) is 0.319. The summed E-state index contributed by atoms with van der Waals surface area (Å²) in [5.74, 6) is 0.306. The standard InChI is InChI=1S/C18H23FN4O2S.HI/c1-3-21-18(23-12-15-8-7-13(2)17(19)10-15)22-11-14-5-4-6-16(9-14)26(20,24)25;/h4-10H,3,11-12H2,1-2H3,(H2,20,24,25)(H2,21,22,23);1H. The summed E-state index contributed by atoms with van der Waals surface area (Å²) in [4.78, 5) is 4.48. The first-order valence-electron chi connectivity index (χ1n) is 8.18. The Kier molecular flexibility index (Phi) is 9.13. The molecule has 0 radical (unpaired) electrons. The summed E-state index contributed by atoms with van der Waals surface area (Å²) in [6.45, 7) is 5.00. The lowest BCUT2D eigenvalue weighted by atomic mass is 10.1. The summed E-state index contributed by atoms with van der Waals surface area (Å²) in [5, 5.41) is 11.4. The fraction of sp³-hybridized carbons (Fsp3) is 0.278. The number of aryl methyl sites for hydroxylation is 1. The Labute approximate surface area is 176 Å². The third kappa shape index (κ3) is 7.43. The Balaban J connectivity index is 0.00000364. The minimum Gasteiger partial charge on any atom is -0.357 e. The zero-order chi connectivity index (χ0) is 19.2. The lowest BCUT2D eigenvalue weighted by molar-refractivity contribution is 0.597. The summed E-state index contributed by atoms with van der Waals surface area (Å²) in [6, 6.07) is 11.4. The van der Waals surface area contributed by atoms with Crippen LogP contribution < -0.4 is 15.8 Å². The van der Waals surface area contributed by atoms with Crippen molar-refractivity contribution in [2.24, 2.45) is 10.1 Å². The Hall–Kier alpha value is -1.72. The number of hydrogen-bond donors (Lipinski definition) is 3. The lowest BCUT2D eigenvalue weighted by Crippen LogP contribution is -2.36. The van der Waals surface area contributed by atoms with E-state index in [1.165, 1.54) is 18.2 Å². The van der Waals surface area contributed by atoms with Crippen molar-refractivity contribution < 1.29 is 12.8 Å². The SMILES string of the molecule is CCNC(=NCc1cccc(S(N)(=O)=O)c1)NCc1ccc(C)c(F)c1.I. The van der Waals surface area contributed by atoms with Crippen molar-refractivity contribution in [3.63, 3.8) is 0 Å². The van der Waals surface area contributed by atoms with Gasteiger partial charge < -0.3 is 10.6 Å². The molecule has 0 spiro atoms. The summed E-state index contributed by atoms with van der Waals surface area (Å²) in [6.07, 6.45) is 0. The second-order valence-corrected chi connectivity index (χ2v) is 7.39. The highest BCUT2D eigenvalue weighted by Crippen LogP contribution is 2.11. The maximum atomic E-state index is 13.6. The number of nitrogens with one attached hydrogen (secondary N) is 2. The van der Waals surface area contributed by atoms with Crippen LogP contribution in [0.25, 0.3) is 0 Å². The van der Waals surface area contributed by atoms with Crippen LogP contribution in [0.1, 0.15) is 23.6 Å². The highest BCUT2D eigenvalue weighted by molar-refractivity contribution is 14.0. The zero-order valence-electron chi connectivity index (χ0n) is 15.2. The maximum Gasteiger partial charge on any atom is 0.238 e. The molecule has 0 atom stereocenters. The van der Waals surface area contributed by atoms with Gasteiger partial charge in [-0.3, -0.25) is 0 Å². The molecule has 2 aromatic carbocycles. The molecular weight excluding hydrogens is 482 g/mol. The number of guanidine groups is 1. The van der Waals surface area contributed by atoms with Crippen LogP contribution in [0.3, 0.4) is 0 Å². The van der Waals surface area contributed by atoms with E-state index < -0.39 is 10.0 Å². The van der Waals surface area contributed by atoms with E-state index in [2.05, 4.69) is 15.6 Å². The van der Waals surface area contributed by atoms with E-state index >= 15 is 0 Å². The number of nitrogens with zero attached hydrogens (tertiary/aromatic N) is 1. The van der Waals surface area contributed by atoms with Crippen molar-refractivity contribution in [3.8, 4) is 0 Å². The monoisotopic (exact) mass is 506 g/mol. The number of benzene rings is 2. The van der Waals surface area contributed by atoms with Crippen LogP contribution in [-0.4, -0.2) is 20.9 Å².